The Balaban J connectivity index is 2.30. The van der Waals surface area contributed by atoms with E-state index >= 15 is 0 Å². The summed E-state index contributed by atoms with van der Waals surface area (Å²) in [4.78, 5) is 0. The van der Waals surface area contributed by atoms with Gasteiger partial charge in [-0.2, -0.15) is 5.10 Å². The van der Waals surface area contributed by atoms with E-state index in [1.165, 1.54) is 12.1 Å². The Hall–Kier alpha value is -0.680. The Labute approximate surface area is 142 Å². The highest BCUT2D eigenvalue weighted by atomic mass is 79.9. The first-order valence-electron chi connectivity index (χ1n) is 6.93. The van der Waals surface area contributed by atoms with Gasteiger partial charge in [-0.05, 0) is 37.6 Å². The molecular weight excluding hydrogens is 399 g/mol. The Morgan fingerprint density at radius 3 is 2.24 bits per heavy atom. The maximum absolute atomic E-state index is 13.2. The Kier molecular flexibility index (Phi) is 5.60. The molecule has 0 bridgehead atoms. The van der Waals surface area contributed by atoms with E-state index in [4.69, 9.17) is 0 Å². The van der Waals surface area contributed by atoms with Crippen molar-refractivity contribution in [1.29, 1.82) is 0 Å². The lowest BCUT2D eigenvalue weighted by Gasteiger charge is -2.30. The second-order valence-corrected chi connectivity index (χ2v) is 6.73. The summed E-state index contributed by atoms with van der Waals surface area (Å²) in [6.45, 7) is 4.22. The molecule has 1 aromatic heterocycles. The fraction of sp³-hybridized carbons (Fsp3) is 0.438. The first-order chi connectivity index (χ1) is 10.0. The topological polar surface area (TPSA) is 17.8 Å². The van der Waals surface area contributed by atoms with Crippen LogP contribution < -0.4 is 0 Å². The van der Waals surface area contributed by atoms with Crippen molar-refractivity contribution < 1.29 is 4.39 Å². The van der Waals surface area contributed by atoms with Crippen molar-refractivity contribution >= 4 is 31.9 Å². The summed E-state index contributed by atoms with van der Waals surface area (Å²) in [6.07, 6.45) is 2.81. The lowest BCUT2D eigenvalue weighted by molar-refractivity contribution is 0.501. The molecule has 114 valence electrons. The molecule has 0 saturated carbocycles. The number of halogens is 3. The monoisotopic (exact) mass is 416 g/mol. The highest BCUT2D eigenvalue weighted by Crippen LogP contribution is 2.32. The van der Waals surface area contributed by atoms with E-state index in [9.17, 15) is 4.39 Å². The molecule has 0 aliphatic carbocycles. The summed E-state index contributed by atoms with van der Waals surface area (Å²) >= 11 is 7.25. The molecule has 1 aromatic carbocycles. The van der Waals surface area contributed by atoms with Gasteiger partial charge in [-0.15, -0.1) is 0 Å². The molecule has 0 amide bonds. The molecule has 0 fully saturated rings. The third kappa shape index (κ3) is 3.75. The van der Waals surface area contributed by atoms with Crippen molar-refractivity contribution in [2.75, 3.05) is 10.7 Å². The Morgan fingerprint density at radius 2 is 1.76 bits per heavy atom. The zero-order valence-corrected chi connectivity index (χ0v) is 15.4. The number of alkyl halides is 2. The van der Waals surface area contributed by atoms with Crippen LogP contribution in [-0.4, -0.2) is 20.4 Å². The van der Waals surface area contributed by atoms with Gasteiger partial charge in [0.2, 0.25) is 0 Å². The van der Waals surface area contributed by atoms with Crippen LogP contribution in [0.1, 0.15) is 31.1 Å². The average molecular weight is 418 g/mol. The summed E-state index contributed by atoms with van der Waals surface area (Å²) in [5.74, 6) is -0.208. The summed E-state index contributed by atoms with van der Waals surface area (Å²) in [5.41, 5.74) is 2.02. The number of rotatable bonds is 6. The van der Waals surface area contributed by atoms with Crippen LogP contribution in [0.3, 0.4) is 0 Å². The van der Waals surface area contributed by atoms with Crippen LogP contribution in [0.4, 0.5) is 4.39 Å². The number of aromatic nitrogens is 2. The van der Waals surface area contributed by atoms with E-state index < -0.39 is 0 Å². The van der Waals surface area contributed by atoms with Gasteiger partial charge in [-0.1, -0.05) is 44.0 Å². The van der Waals surface area contributed by atoms with E-state index in [1.807, 2.05) is 23.0 Å². The fourth-order valence-electron chi connectivity index (χ4n) is 2.30. The molecule has 0 atom stereocenters. The van der Waals surface area contributed by atoms with E-state index in [-0.39, 0.29) is 11.2 Å². The molecule has 0 spiro atoms. The molecule has 0 aliphatic rings. The number of hydrogen-bond donors (Lipinski definition) is 0. The first kappa shape index (κ1) is 16.7. The Morgan fingerprint density at radius 1 is 1.14 bits per heavy atom. The SMILES string of the molecule is CC(C)n1ccc(CC(CBr)(CBr)c2ccc(F)cc2)n1. The van der Waals surface area contributed by atoms with Crippen molar-refractivity contribution in [3.05, 3.63) is 53.6 Å². The zero-order valence-electron chi connectivity index (χ0n) is 12.2. The van der Waals surface area contributed by atoms with Gasteiger partial charge in [-0.25, -0.2) is 4.39 Å². The molecule has 2 nitrogen and oxygen atoms in total. The van der Waals surface area contributed by atoms with E-state index in [0.717, 1.165) is 28.3 Å². The van der Waals surface area contributed by atoms with Gasteiger partial charge >= 0.3 is 0 Å². The summed E-state index contributed by atoms with van der Waals surface area (Å²) in [7, 11) is 0. The average Bonchev–Trinajstić information content (AvgIpc) is 2.94. The number of nitrogens with zero attached hydrogens (tertiary/aromatic N) is 2. The third-order valence-corrected chi connectivity index (χ3v) is 5.83. The van der Waals surface area contributed by atoms with Gasteiger partial charge in [-0.3, -0.25) is 4.68 Å². The first-order valence-corrected chi connectivity index (χ1v) is 9.17. The summed E-state index contributed by atoms with van der Waals surface area (Å²) in [6, 6.07) is 9.16. The van der Waals surface area contributed by atoms with Crippen LogP contribution in [0.25, 0.3) is 0 Å². The Bertz CT molecular complexity index is 574. The van der Waals surface area contributed by atoms with Crippen LogP contribution in [0.15, 0.2) is 36.5 Å². The van der Waals surface area contributed by atoms with Crippen molar-refractivity contribution in [2.45, 2.75) is 31.7 Å². The molecule has 5 heteroatoms. The minimum absolute atomic E-state index is 0.135. The number of benzene rings is 1. The van der Waals surface area contributed by atoms with Gasteiger partial charge in [0.05, 0.1) is 5.69 Å². The highest BCUT2D eigenvalue weighted by molar-refractivity contribution is 9.09. The molecule has 2 aromatic rings. The van der Waals surface area contributed by atoms with Gasteiger partial charge < -0.3 is 0 Å². The van der Waals surface area contributed by atoms with E-state index in [1.54, 1.807) is 0 Å². The molecule has 0 radical (unpaired) electrons. The molecule has 1 heterocycles. The van der Waals surface area contributed by atoms with Crippen molar-refractivity contribution in [1.82, 2.24) is 9.78 Å². The second-order valence-electron chi connectivity index (χ2n) is 5.61. The molecule has 0 saturated heterocycles. The normalized spacial score (nSPS) is 12.1. The van der Waals surface area contributed by atoms with Crippen molar-refractivity contribution in [2.24, 2.45) is 0 Å². The minimum Gasteiger partial charge on any atom is -0.270 e. The predicted octanol–water partition coefficient (Wildman–Crippen LogP) is 4.87. The molecular formula is C16H19Br2FN2. The van der Waals surface area contributed by atoms with Crippen LogP contribution >= 0.6 is 31.9 Å². The van der Waals surface area contributed by atoms with E-state index in [0.29, 0.717) is 6.04 Å². The molecule has 0 aliphatic heterocycles. The third-order valence-electron chi connectivity index (χ3n) is 3.68. The van der Waals surface area contributed by atoms with Gasteiger partial charge in [0, 0.05) is 34.7 Å². The highest BCUT2D eigenvalue weighted by Gasteiger charge is 2.31. The van der Waals surface area contributed by atoms with Crippen LogP contribution in [0, 0.1) is 5.82 Å². The molecule has 2 rings (SSSR count). The maximum Gasteiger partial charge on any atom is 0.123 e. The molecule has 21 heavy (non-hydrogen) atoms. The lowest BCUT2D eigenvalue weighted by atomic mass is 9.80. The quantitative estimate of drug-likeness (QED) is 0.612. The standard InChI is InChI=1S/C16H19Br2FN2/c1-12(2)21-8-7-15(20-21)9-16(10-17,11-18)13-3-5-14(19)6-4-13/h3-8,12H,9-11H2,1-2H3. The largest absolute Gasteiger partial charge is 0.270 e. The molecule has 0 unspecified atom stereocenters. The smallest absolute Gasteiger partial charge is 0.123 e. The second kappa shape index (κ2) is 7.05. The lowest BCUT2D eigenvalue weighted by Crippen LogP contribution is -2.33. The van der Waals surface area contributed by atoms with Crippen LogP contribution in [0.2, 0.25) is 0 Å². The maximum atomic E-state index is 13.2. The predicted molar refractivity (Wildman–Crippen MR) is 92.0 cm³/mol. The van der Waals surface area contributed by atoms with Crippen molar-refractivity contribution in [3.63, 3.8) is 0 Å². The zero-order chi connectivity index (χ0) is 15.5. The van der Waals surface area contributed by atoms with Crippen LogP contribution in [-0.2, 0) is 11.8 Å². The van der Waals surface area contributed by atoms with Gasteiger partial charge in [0.25, 0.3) is 0 Å². The van der Waals surface area contributed by atoms with Crippen LogP contribution in [0.5, 0.6) is 0 Å². The fourth-order valence-corrected chi connectivity index (χ4v) is 4.27. The van der Waals surface area contributed by atoms with E-state index in [2.05, 4.69) is 56.9 Å². The molecule has 0 N–H and O–H groups in total. The van der Waals surface area contributed by atoms with Gasteiger partial charge in [0.1, 0.15) is 5.82 Å². The minimum atomic E-state index is -0.208. The summed E-state index contributed by atoms with van der Waals surface area (Å²) in [5, 5.41) is 6.20. The van der Waals surface area contributed by atoms with Crippen molar-refractivity contribution in [3.8, 4) is 0 Å². The van der Waals surface area contributed by atoms with Gasteiger partial charge in [0.15, 0.2) is 0 Å². The number of hydrogen-bond acceptors (Lipinski definition) is 1. The summed E-state index contributed by atoms with van der Waals surface area (Å²) < 4.78 is 15.1.